The highest BCUT2D eigenvalue weighted by Crippen LogP contribution is 2.29. The summed E-state index contributed by atoms with van der Waals surface area (Å²) < 4.78 is 1.72. The first kappa shape index (κ1) is 18.0. The fourth-order valence-corrected chi connectivity index (χ4v) is 3.07. The third kappa shape index (κ3) is 4.71. The highest BCUT2D eigenvalue weighted by Gasteiger charge is 2.24. The molecule has 0 bridgehead atoms. The van der Waals surface area contributed by atoms with E-state index in [2.05, 4.69) is 22.7 Å². The van der Waals surface area contributed by atoms with Crippen LogP contribution in [0, 0.1) is 11.8 Å². The van der Waals surface area contributed by atoms with Crippen LogP contribution in [0.1, 0.15) is 44.2 Å². The Morgan fingerprint density at radius 1 is 1.48 bits per heavy atom. The molecule has 1 aromatic heterocycles. The van der Waals surface area contributed by atoms with E-state index in [1.807, 2.05) is 13.2 Å². The number of rotatable bonds is 5. The Morgan fingerprint density at radius 3 is 2.76 bits per heavy atom. The van der Waals surface area contributed by atoms with Crippen molar-refractivity contribution < 1.29 is 4.79 Å². The molecule has 0 saturated heterocycles. The molecule has 120 valence electrons. The maximum Gasteiger partial charge on any atom is 0.241 e. The average Bonchev–Trinajstić information content (AvgIpc) is 2.85. The summed E-state index contributed by atoms with van der Waals surface area (Å²) in [5.41, 5.74) is 0.907. The van der Waals surface area contributed by atoms with Crippen molar-refractivity contribution in [3.05, 3.63) is 18.0 Å². The van der Waals surface area contributed by atoms with Gasteiger partial charge in [-0.25, -0.2) is 0 Å². The number of carbonyl (C=O) groups excluding carboxylic acids is 1. The van der Waals surface area contributed by atoms with Crippen LogP contribution in [0.5, 0.6) is 0 Å². The monoisotopic (exact) mass is 314 g/mol. The van der Waals surface area contributed by atoms with Gasteiger partial charge in [0.25, 0.3) is 0 Å². The predicted molar refractivity (Wildman–Crippen MR) is 86.4 cm³/mol. The van der Waals surface area contributed by atoms with E-state index in [1.54, 1.807) is 17.9 Å². The van der Waals surface area contributed by atoms with Crippen molar-refractivity contribution in [2.45, 2.75) is 38.6 Å². The van der Waals surface area contributed by atoms with Crippen LogP contribution in [-0.4, -0.2) is 29.3 Å². The van der Waals surface area contributed by atoms with Gasteiger partial charge in [-0.2, -0.15) is 5.10 Å². The standard InChI is InChI=1S/C15H26N4O.ClH/c1-11-6-4-5-7-12(11)8-17-15(20)14(16-2)13-9-18-19(3)10-13;/h9-12,14,16H,4-8H2,1-3H3,(H,17,20);1H. The number of nitrogens with zero attached hydrogens (tertiary/aromatic N) is 2. The van der Waals surface area contributed by atoms with E-state index in [0.29, 0.717) is 5.92 Å². The number of nitrogens with one attached hydrogen (secondary N) is 2. The summed E-state index contributed by atoms with van der Waals surface area (Å²) in [5.74, 6) is 1.38. The van der Waals surface area contributed by atoms with Crippen LogP contribution in [0.4, 0.5) is 0 Å². The lowest BCUT2D eigenvalue weighted by Gasteiger charge is -2.29. The molecule has 3 unspecified atom stereocenters. The molecule has 1 aromatic rings. The molecule has 1 amide bonds. The van der Waals surface area contributed by atoms with Crippen LogP contribution >= 0.6 is 12.4 Å². The molecular formula is C15H27ClN4O. The van der Waals surface area contributed by atoms with Crippen LogP contribution in [0.15, 0.2) is 12.4 Å². The first-order chi connectivity index (χ1) is 9.61. The molecule has 1 fully saturated rings. The van der Waals surface area contributed by atoms with E-state index in [9.17, 15) is 4.79 Å². The SMILES string of the molecule is CNC(C(=O)NCC1CCCCC1C)c1cnn(C)c1.Cl. The number of hydrogen-bond acceptors (Lipinski definition) is 3. The van der Waals surface area contributed by atoms with Gasteiger partial charge in [0.15, 0.2) is 0 Å². The van der Waals surface area contributed by atoms with Gasteiger partial charge in [0, 0.05) is 25.4 Å². The summed E-state index contributed by atoms with van der Waals surface area (Å²) in [6.07, 6.45) is 8.77. The van der Waals surface area contributed by atoms with Crippen LogP contribution in [0.3, 0.4) is 0 Å². The van der Waals surface area contributed by atoms with E-state index in [4.69, 9.17) is 0 Å². The molecule has 3 atom stereocenters. The van der Waals surface area contributed by atoms with Crippen molar-refractivity contribution in [2.24, 2.45) is 18.9 Å². The number of amides is 1. The van der Waals surface area contributed by atoms with E-state index in [-0.39, 0.29) is 24.4 Å². The molecule has 1 saturated carbocycles. The molecule has 6 heteroatoms. The lowest BCUT2D eigenvalue weighted by atomic mass is 9.80. The summed E-state index contributed by atoms with van der Waals surface area (Å²) in [6.45, 7) is 3.09. The minimum Gasteiger partial charge on any atom is -0.354 e. The molecule has 0 spiro atoms. The molecule has 0 aliphatic heterocycles. The number of aromatic nitrogens is 2. The Labute approximate surface area is 133 Å². The molecule has 1 heterocycles. The maximum absolute atomic E-state index is 12.3. The minimum absolute atomic E-state index is 0. The lowest BCUT2D eigenvalue weighted by molar-refractivity contribution is -0.123. The topological polar surface area (TPSA) is 59.0 Å². The Morgan fingerprint density at radius 2 is 2.19 bits per heavy atom. The number of halogens is 1. The molecule has 2 N–H and O–H groups in total. The second-order valence-electron chi connectivity index (χ2n) is 5.94. The van der Waals surface area contributed by atoms with E-state index in [1.165, 1.54) is 25.7 Å². The van der Waals surface area contributed by atoms with Crippen molar-refractivity contribution in [3.8, 4) is 0 Å². The minimum atomic E-state index is -0.317. The Kier molecular flexibility index (Phi) is 7.18. The zero-order valence-electron chi connectivity index (χ0n) is 13.1. The fourth-order valence-electron chi connectivity index (χ4n) is 3.07. The van der Waals surface area contributed by atoms with E-state index >= 15 is 0 Å². The first-order valence-corrected chi connectivity index (χ1v) is 7.55. The summed E-state index contributed by atoms with van der Waals surface area (Å²) in [6, 6.07) is -0.317. The van der Waals surface area contributed by atoms with Crippen molar-refractivity contribution in [1.29, 1.82) is 0 Å². The van der Waals surface area contributed by atoms with Gasteiger partial charge in [-0.3, -0.25) is 9.48 Å². The van der Waals surface area contributed by atoms with Gasteiger partial charge >= 0.3 is 0 Å². The number of aryl methyl sites for hydroxylation is 1. The second kappa shape index (κ2) is 8.39. The summed E-state index contributed by atoms with van der Waals surface area (Å²) in [4.78, 5) is 12.3. The normalized spacial score (nSPS) is 23.2. The number of hydrogen-bond donors (Lipinski definition) is 2. The largest absolute Gasteiger partial charge is 0.354 e. The zero-order valence-corrected chi connectivity index (χ0v) is 13.9. The summed E-state index contributed by atoms with van der Waals surface area (Å²) in [5, 5.41) is 10.3. The summed E-state index contributed by atoms with van der Waals surface area (Å²) in [7, 11) is 3.66. The third-order valence-corrected chi connectivity index (χ3v) is 4.44. The quantitative estimate of drug-likeness (QED) is 0.874. The molecule has 0 radical (unpaired) electrons. The van der Waals surface area contributed by atoms with Crippen molar-refractivity contribution in [3.63, 3.8) is 0 Å². The van der Waals surface area contributed by atoms with Crippen LogP contribution in [-0.2, 0) is 11.8 Å². The van der Waals surface area contributed by atoms with Crippen LogP contribution in [0.2, 0.25) is 0 Å². The van der Waals surface area contributed by atoms with Crippen molar-refractivity contribution >= 4 is 18.3 Å². The predicted octanol–water partition coefficient (Wildman–Crippen LogP) is 2.04. The Hall–Kier alpha value is -1.07. The maximum atomic E-state index is 12.3. The molecule has 1 aliphatic rings. The lowest BCUT2D eigenvalue weighted by Crippen LogP contribution is -2.39. The molecule has 2 rings (SSSR count). The zero-order chi connectivity index (χ0) is 14.5. The van der Waals surface area contributed by atoms with Gasteiger partial charge in [-0.05, 0) is 25.3 Å². The second-order valence-corrected chi connectivity index (χ2v) is 5.94. The average molecular weight is 315 g/mol. The van der Waals surface area contributed by atoms with E-state index in [0.717, 1.165) is 18.0 Å². The Bertz CT molecular complexity index is 449. The smallest absolute Gasteiger partial charge is 0.241 e. The van der Waals surface area contributed by atoms with Crippen LogP contribution < -0.4 is 10.6 Å². The third-order valence-electron chi connectivity index (χ3n) is 4.44. The summed E-state index contributed by atoms with van der Waals surface area (Å²) >= 11 is 0. The van der Waals surface area contributed by atoms with Crippen LogP contribution in [0.25, 0.3) is 0 Å². The van der Waals surface area contributed by atoms with Gasteiger partial charge in [0.2, 0.25) is 5.91 Å². The number of carbonyl (C=O) groups is 1. The van der Waals surface area contributed by atoms with E-state index < -0.39 is 0 Å². The molecule has 1 aliphatic carbocycles. The van der Waals surface area contributed by atoms with Crippen molar-refractivity contribution in [1.82, 2.24) is 20.4 Å². The highest BCUT2D eigenvalue weighted by molar-refractivity contribution is 5.85. The van der Waals surface area contributed by atoms with Gasteiger partial charge in [0.05, 0.1) is 6.20 Å². The number of likely N-dealkylation sites (N-methyl/N-ethyl adjacent to an activating group) is 1. The fraction of sp³-hybridized carbons (Fsp3) is 0.733. The van der Waals surface area contributed by atoms with Crippen molar-refractivity contribution in [2.75, 3.05) is 13.6 Å². The molecule has 21 heavy (non-hydrogen) atoms. The van der Waals surface area contributed by atoms with Gasteiger partial charge in [-0.15, -0.1) is 12.4 Å². The Balaban J connectivity index is 0.00000220. The van der Waals surface area contributed by atoms with Gasteiger partial charge in [-0.1, -0.05) is 26.2 Å². The molecule has 5 nitrogen and oxygen atoms in total. The molecular weight excluding hydrogens is 288 g/mol. The van der Waals surface area contributed by atoms with Gasteiger partial charge < -0.3 is 10.6 Å². The first-order valence-electron chi connectivity index (χ1n) is 7.55. The van der Waals surface area contributed by atoms with Gasteiger partial charge in [0.1, 0.15) is 6.04 Å². The highest BCUT2D eigenvalue weighted by atomic mass is 35.5. The molecule has 0 aromatic carbocycles.